The zero-order chi connectivity index (χ0) is 23.7. The summed E-state index contributed by atoms with van der Waals surface area (Å²) in [5.41, 5.74) is 3.84. The second kappa shape index (κ2) is 9.41. The highest BCUT2D eigenvalue weighted by atomic mass is 35.5. The zero-order valence-electron chi connectivity index (χ0n) is 18.9. The second-order valence-corrected chi connectivity index (χ2v) is 8.40. The van der Waals surface area contributed by atoms with E-state index in [1.807, 2.05) is 50.2 Å². The third-order valence-electron chi connectivity index (χ3n) is 5.66. The molecule has 0 spiro atoms. The normalized spacial score (nSPS) is 15.4. The first-order chi connectivity index (χ1) is 16.5. The molecule has 3 aromatic carbocycles. The topological polar surface area (TPSA) is 63.2 Å². The number of benzene rings is 3. The van der Waals surface area contributed by atoms with E-state index in [2.05, 4.69) is 0 Å². The summed E-state index contributed by atoms with van der Waals surface area (Å²) in [6.07, 6.45) is 1.73. The number of hydrogen-bond donors (Lipinski definition) is 0. The number of allylic oxidation sites excluding steroid dienone is 1. The van der Waals surface area contributed by atoms with Crippen molar-refractivity contribution in [2.24, 2.45) is 0 Å². The molecule has 0 saturated heterocycles. The molecule has 0 saturated carbocycles. The molecule has 6 nitrogen and oxygen atoms in total. The molecule has 0 fully saturated rings. The Morgan fingerprint density at radius 1 is 1.06 bits per heavy atom. The summed E-state index contributed by atoms with van der Waals surface area (Å²) in [7, 11) is 0. The Balaban J connectivity index is 1.36. The van der Waals surface area contributed by atoms with Gasteiger partial charge in [-0.15, -0.1) is 0 Å². The quantitative estimate of drug-likeness (QED) is 0.398. The molecule has 0 N–H and O–H groups in total. The van der Waals surface area contributed by atoms with Crippen LogP contribution in [0, 0.1) is 6.92 Å². The third kappa shape index (κ3) is 4.34. The van der Waals surface area contributed by atoms with Crippen LogP contribution in [0.2, 0.25) is 5.02 Å². The van der Waals surface area contributed by atoms with E-state index in [1.165, 1.54) is 0 Å². The van der Waals surface area contributed by atoms with Crippen molar-refractivity contribution in [1.82, 2.24) is 0 Å². The largest absolute Gasteiger partial charge is 0.494 e. The summed E-state index contributed by atoms with van der Waals surface area (Å²) in [6, 6.07) is 14.7. The summed E-state index contributed by atoms with van der Waals surface area (Å²) < 4.78 is 28.5. The molecule has 0 aliphatic carbocycles. The fourth-order valence-corrected chi connectivity index (χ4v) is 4.29. The van der Waals surface area contributed by atoms with E-state index >= 15 is 0 Å². The van der Waals surface area contributed by atoms with Gasteiger partial charge in [-0.25, -0.2) is 0 Å². The molecule has 7 heteroatoms. The number of fused-ring (bicyclic) bond motifs is 2. The van der Waals surface area contributed by atoms with Crippen LogP contribution in [0.3, 0.4) is 0 Å². The van der Waals surface area contributed by atoms with Crippen LogP contribution in [-0.2, 0) is 18.0 Å². The Morgan fingerprint density at radius 3 is 2.68 bits per heavy atom. The van der Waals surface area contributed by atoms with Crippen LogP contribution in [0.15, 0.2) is 54.3 Å². The lowest BCUT2D eigenvalue weighted by molar-refractivity contribution is -0.0175. The maximum absolute atomic E-state index is 12.9. The van der Waals surface area contributed by atoms with Gasteiger partial charge in [0.1, 0.15) is 29.6 Å². The van der Waals surface area contributed by atoms with Crippen LogP contribution in [0.4, 0.5) is 0 Å². The number of carbonyl (C=O) groups is 1. The zero-order valence-corrected chi connectivity index (χ0v) is 19.6. The van der Waals surface area contributed by atoms with E-state index < -0.39 is 0 Å². The van der Waals surface area contributed by atoms with E-state index in [-0.39, 0.29) is 24.9 Å². The van der Waals surface area contributed by atoms with Crippen LogP contribution in [0.1, 0.15) is 39.5 Å². The summed E-state index contributed by atoms with van der Waals surface area (Å²) in [4.78, 5) is 12.9. The molecule has 5 rings (SSSR count). The summed E-state index contributed by atoms with van der Waals surface area (Å²) in [5, 5.41) is 0.593. The van der Waals surface area contributed by atoms with Crippen molar-refractivity contribution in [3.63, 3.8) is 0 Å². The van der Waals surface area contributed by atoms with Gasteiger partial charge in [0.15, 0.2) is 12.6 Å². The molecule has 2 aliphatic rings. The SMILES string of the molecule is CCOc1ccc(/C=C2\Oc3c(ccc(OCc4cc(Cl)cc5c4OCOC5)c3C)C2=O)cc1. The minimum absolute atomic E-state index is 0.157. The van der Waals surface area contributed by atoms with Gasteiger partial charge in [-0.3, -0.25) is 4.79 Å². The molecule has 34 heavy (non-hydrogen) atoms. The van der Waals surface area contributed by atoms with Gasteiger partial charge in [0.2, 0.25) is 5.78 Å². The Hall–Kier alpha value is -3.48. The molecule has 2 heterocycles. The molecule has 0 unspecified atom stereocenters. The molecule has 0 aromatic heterocycles. The minimum Gasteiger partial charge on any atom is -0.494 e. The van der Waals surface area contributed by atoms with E-state index in [4.69, 9.17) is 35.3 Å². The molecule has 0 atom stereocenters. The third-order valence-corrected chi connectivity index (χ3v) is 5.88. The minimum atomic E-state index is -0.157. The maximum atomic E-state index is 12.9. The highest BCUT2D eigenvalue weighted by Crippen LogP contribution is 2.40. The monoisotopic (exact) mass is 478 g/mol. The van der Waals surface area contributed by atoms with Gasteiger partial charge >= 0.3 is 0 Å². The lowest BCUT2D eigenvalue weighted by atomic mass is 10.1. The van der Waals surface area contributed by atoms with E-state index in [0.717, 1.165) is 33.8 Å². The molecule has 0 radical (unpaired) electrons. The predicted molar refractivity (Wildman–Crippen MR) is 128 cm³/mol. The first-order valence-corrected chi connectivity index (χ1v) is 11.4. The van der Waals surface area contributed by atoms with Gasteiger partial charge in [0, 0.05) is 21.7 Å². The van der Waals surface area contributed by atoms with Crippen LogP contribution < -0.4 is 18.9 Å². The second-order valence-electron chi connectivity index (χ2n) is 7.96. The molecule has 0 bridgehead atoms. The number of ketones is 1. The molecule has 2 aliphatic heterocycles. The Bertz CT molecular complexity index is 1280. The van der Waals surface area contributed by atoms with Crippen LogP contribution >= 0.6 is 11.6 Å². The maximum Gasteiger partial charge on any atom is 0.231 e. The fourth-order valence-electron chi connectivity index (χ4n) is 4.02. The predicted octanol–water partition coefficient (Wildman–Crippen LogP) is 6.11. The van der Waals surface area contributed by atoms with Crippen molar-refractivity contribution < 1.29 is 28.5 Å². The van der Waals surface area contributed by atoms with E-state index in [1.54, 1.807) is 18.2 Å². The molecular formula is C27H23ClO6. The number of Topliss-reactive ketones (excluding diaryl/α,β-unsaturated/α-hetero) is 1. The number of carbonyl (C=O) groups excluding carboxylic acids is 1. The standard InChI is InChI=1S/C27H23ClO6/c1-3-31-21-6-4-17(5-7-21)10-24-25(29)22-8-9-23(16(2)26(22)34-24)32-14-19-12-20(28)11-18-13-30-15-33-27(18)19/h4-12H,3,13-15H2,1-2H3/b24-10-. The lowest BCUT2D eigenvalue weighted by Gasteiger charge is -2.21. The number of halogens is 1. The van der Waals surface area contributed by atoms with Crippen molar-refractivity contribution >= 4 is 23.5 Å². The van der Waals surface area contributed by atoms with Crippen LogP contribution in [0.25, 0.3) is 6.08 Å². The molecule has 174 valence electrons. The van der Waals surface area contributed by atoms with Gasteiger partial charge in [0.05, 0.1) is 18.8 Å². The number of ether oxygens (including phenoxy) is 5. The Labute approximate surface area is 202 Å². The highest BCUT2D eigenvalue weighted by Gasteiger charge is 2.30. The average Bonchev–Trinajstić information content (AvgIpc) is 3.16. The Morgan fingerprint density at radius 2 is 1.88 bits per heavy atom. The van der Waals surface area contributed by atoms with Gasteiger partial charge in [-0.2, -0.15) is 0 Å². The van der Waals surface area contributed by atoms with Gasteiger partial charge in [-0.05, 0) is 61.9 Å². The molecular weight excluding hydrogens is 456 g/mol. The van der Waals surface area contributed by atoms with Crippen molar-refractivity contribution in [1.29, 1.82) is 0 Å². The Kier molecular flexibility index (Phi) is 6.18. The first kappa shape index (κ1) is 22.3. The van der Waals surface area contributed by atoms with Crippen LogP contribution in [0.5, 0.6) is 23.0 Å². The smallest absolute Gasteiger partial charge is 0.231 e. The number of rotatable bonds is 6. The van der Waals surface area contributed by atoms with Crippen molar-refractivity contribution in [3.8, 4) is 23.0 Å². The first-order valence-electron chi connectivity index (χ1n) is 11.0. The van der Waals surface area contributed by atoms with E-state index in [9.17, 15) is 4.79 Å². The van der Waals surface area contributed by atoms with Gasteiger partial charge < -0.3 is 23.7 Å². The van der Waals surface area contributed by atoms with Crippen LogP contribution in [-0.4, -0.2) is 19.2 Å². The molecule has 3 aromatic rings. The van der Waals surface area contributed by atoms with Gasteiger partial charge in [0.25, 0.3) is 0 Å². The van der Waals surface area contributed by atoms with Crippen molar-refractivity contribution in [3.05, 3.63) is 87.1 Å². The van der Waals surface area contributed by atoms with Crippen molar-refractivity contribution in [2.45, 2.75) is 27.1 Å². The molecule has 0 amide bonds. The highest BCUT2D eigenvalue weighted by molar-refractivity contribution is 6.30. The van der Waals surface area contributed by atoms with Crippen molar-refractivity contribution in [2.75, 3.05) is 13.4 Å². The summed E-state index contributed by atoms with van der Waals surface area (Å²) >= 11 is 6.26. The van der Waals surface area contributed by atoms with Gasteiger partial charge in [-0.1, -0.05) is 23.7 Å². The lowest BCUT2D eigenvalue weighted by Crippen LogP contribution is -2.14. The average molecular weight is 479 g/mol. The number of hydrogen-bond acceptors (Lipinski definition) is 6. The van der Waals surface area contributed by atoms with E-state index in [0.29, 0.717) is 35.3 Å². The summed E-state index contributed by atoms with van der Waals surface area (Å²) in [6.45, 7) is 5.30. The fraction of sp³-hybridized carbons (Fsp3) is 0.222. The summed E-state index contributed by atoms with van der Waals surface area (Å²) in [5.74, 6) is 2.77.